The Morgan fingerprint density at radius 1 is 0.931 bits per heavy atom. The van der Waals surface area contributed by atoms with E-state index in [0.717, 1.165) is 82.1 Å². The molecule has 3 aliphatic rings. The number of benzene rings is 1. The molecule has 154 valence electrons. The molecule has 8 heteroatoms. The summed E-state index contributed by atoms with van der Waals surface area (Å²) in [5.41, 5.74) is 2.54. The molecule has 2 saturated heterocycles. The number of rotatable bonds is 4. The molecule has 3 heterocycles. The quantitative estimate of drug-likeness (QED) is 0.705. The fourth-order valence-electron chi connectivity index (χ4n) is 4.50. The van der Waals surface area contributed by atoms with Gasteiger partial charge in [-0.05, 0) is 25.0 Å². The Bertz CT molecular complexity index is 1000. The summed E-state index contributed by atoms with van der Waals surface area (Å²) in [4.78, 5) is 29.5. The van der Waals surface area contributed by atoms with Crippen LogP contribution in [-0.2, 0) is 0 Å². The van der Waals surface area contributed by atoms with Crippen LogP contribution in [0.3, 0.4) is 0 Å². The number of aromatic carboxylic acids is 1. The van der Waals surface area contributed by atoms with E-state index in [1.165, 1.54) is 0 Å². The normalized spacial score (nSPS) is 20.3. The molecular weight excluding hydrogens is 370 g/mol. The maximum Gasteiger partial charge on any atom is 0.341 e. The van der Waals surface area contributed by atoms with Gasteiger partial charge in [0.1, 0.15) is 5.56 Å². The van der Waals surface area contributed by atoms with Crippen molar-refractivity contribution in [3.63, 3.8) is 0 Å². The Hall–Kier alpha value is -2.58. The largest absolute Gasteiger partial charge is 0.477 e. The highest BCUT2D eigenvalue weighted by atomic mass is 16.4. The third-order valence-electron chi connectivity index (χ3n) is 6.21. The van der Waals surface area contributed by atoms with E-state index >= 15 is 0 Å². The van der Waals surface area contributed by atoms with E-state index in [2.05, 4.69) is 26.5 Å². The van der Waals surface area contributed by atoms with E-state index in [0.29, 0.717) is 5.39 Å². The van der Waals surface area contributed by atoms with Gasteiger partial charge in [-0.2, -0.15) is 0 Å². The number of nitrogens with one attached hydrogen (secondary N) is 2. The van der Waals surface area contributed by atoms with Gasteiger partial charge >= 0.3 is 5.97 Å². The van der Waals surface area contributed by atoms with Crippen molar-refractivity contribution in [1.82, 2.24) is 15.2 Å². The van der Waals surface area contributed by atoms with Gasteiger partial charge in [-0.25, -0.2) is 4.79 Å². The lowest BCUT2D eigenvalue weighted by atomic mass is 10.1. The van der Waals surface area contributed by atoms with Gasteiger partial charge < -0.3 is 30.1 Å². The number of piperazine rings is 2. The Labute approximate surface area is 169 Å². The summed E-state index contributed by atoms with van der Waals surface area (Å²) in [5, 5.41) is 16.9. The lowest BCUT2D eigenvalue weighted by Crippen LogP contribution is -2.46. The third kappa shape index (κ3) is 3.36. The van der Waals surface area contributed by atoms with Crippen molar-refractivity contribution in [1.29, 1.82) is 0 Å². The zero-order valence-electron chi connectivity index (χ0n) is 16.5. The molecule has 0 spiro atoms. The van der Waals surface area contributed by atoms with Gasteiger partial charge in [-0.1, -0.05) is 0 Å². The van der Waals surface area contributed by atoms with Crippen molar-refractivity contribution in [3.8, 4) is 0 Å². The van der Waals surface area contributed by atoms with E-state index in [1.807, 2.05) is 10.6 Å². The minimum absolute atomic E-state index is 0.134. The summed E-state index contributed by atoms with van der Waals surface area (Å²) in [6.45, 7) is 7.27. The van der Waals surface area contributed by atoms with Crippen LogP contribution < -0.4 is 25.9 Å². The van der Waals surface area contributed by atoms with E-state index < -0.39 is 5.97 Å². The van der Waals surface area contributed by atoms with Crippen molar-refractivity contribution < 1.29 is 9.90 Å². The van der Waals surface area contributed by atoms with Crippen LogP contribution in [0.15, 0.2) is 23.1 Å². The SMILES string of the molecule is O=C(O)c1cn(C2CC2)c2cc(N3CCNCC3)c(N3CCNCC3)cc2c1=O. The van der Waals surface area contributed by atoms with Crippen LogP contribution in [0.5, 0.6) is 0 Å². The maximum absolute atomic E-state index is 13.0. The molecule has 0 radical (unpaired) electrons. The van der Waals surface area contributed by atoms with Gasteiger partial charge in [0.05, 0.1) is 16.9 Å². The molecule has 5 rings (SSSR count). The van der Waals surface area contributed by atoms with E-state index in [9.17, 15) is 14.7 Å². The van der Waals surface area contributed by atoms with Crippen LogP contribution in [0, 0.1) is 0 Å². The number of hydrogen-bond acceptors (Lipinski definition) is 6. The monoisotopic (exact) mass is 397 g/mol. The van der Waals surface area contributed by atoms with Gasteiger partial charge in [0, 0.05) is 70.0 Å². The Balaban J connectivity index is 1.74. The van der Waals surface area contributed by atoms with Crippen molar-refractivity contribution in [2.45, 2.75) is 18.9 Å². The summed E-state index contributed by atoms with van der Waals surface area (Å²) in [5.74, 6) is -1.15. The second kappa shape index (κ2) is 7.35. The standard InChI is InChI=1S/C21H27N5O3/c27-20-15-11-18(24-7-3-22-4-8-24)19(25-9-5-23-6-10-25)12-17(15)26(14-1-2-14)13-16(20)21(28)29/h11-14,22-23H,1-10H2,(H,28,29). The number of carboxylic acid groups (broad SMARTS) is 1. The van der Waals surface area contributed by atoms with Crippen LogP contribution in [0.1, 0.15) is 29.2 Å². The summed E-state index contributed by atoms with van der Waals surface area (Å²) in [6.07, 6.45) is 3.61. The molecule has 0 amide bonds. The molecule has 0 unspecified atom stereocenters. The van der Waals surface area contributed by atoms with Crippen molar-refractivity contribution >= 4 is 28.2 Å². The van der Waals surface area contributed by atoms with Crippen LogP contribution in [-0.4, -0.2) is 68.0 Å². The number of carbonyl (C=O) groups is 1. The smallest absolute Gasteiger partial charge is 0.341 e. The topological polar surface area (TPSA) is 89.8 Å². The van der Waals surface area contributed by atoms with E-state index in [1.54, 1.807) is 6.20 Å². The highest BCUT2D eigenvalue weighted by molar-refractivity contribution is 5.96. The molecule has 0 bridgehead atoms. The first-order valence-corrected chi connectivity index (χ1v) is 10.5. The second-order valence-electron chi connectivity index (χ2n) is 8.15. The molecule has 1 saturated carbocycles. The predicted octanol–water partition coefficient (Wildman–Crippen LogP) is 0.854. The average Bonchev–Trinajstić information content (AvgIpc) is 3.59. The second-order valence-corrected chi connectivity index (χ2v) is 8.15. The van der Waals surface area contributed by atoms with Crippen LogP contribution in [0.4, 0.5) is 11.4 Å². The van der Waals surface area contributed by atoms with Gasteiger partial charge in [-0.3, -0.25) is 4.79 Å². The third-order valence-corrected chi connectivity index (χ3v) is 6.21. The first kappa shape index (κ1) is 18.4. The Morgan fingerprint density at radius 2 is 1.48 bits per heavy atom. The molecule has 3 N–H and O–H groups in total. The lowest BCUT2D eigenvalue weighted by Gasteiger charge is -2.37. The van der Waals surface area contributed by atoms with Crippen LogP contribution in [0.25, 0.3) is 10.9 Å². The molecule has 1 aromatic carbocycles. The number of carboxylic acids is 1. The van der Waals surface area contributed by atoms with E-state index in [4.69, 9.17) is 0 Å². The minimum Gasteiger partial charge on any atom is -0.477 e. The predicted molar refractivity (Wildman–Crippen MR) is 114 cm³/mol. The molecular formula is C21H27N5O3. The van der Waals surface area contributed by atoms with Gasteiger partial charge in [0.15, 0.2) is 0 Å². The summed E-state index contributed by atoms with van der Waals surface area (Å²) < 4.78 is 2.02. The summed E-state index contributed by atoms with van der Waals surface area (Å²) in [7, 11) is 0. The lowest BCUT2D eigenvalue weighted by molar-refractivity contribution is 0.0695. The molecule has 29 heavy (non-hydrogen) atoms. The highest BCUT2D eigenvalue weighted by Crippen LogP contribution is 2.40. The number of aromatic nitrogens is 1. The van der Waals surface area contributed by atoms with Crippen LogP contribution in [0.2, 0.25) is 0 Å². The molecule has 1 aliphatic carbocycles. The molecule has 1 aromatic heterocycles. The fourth-order valence-corrected chi connectivity index (χ4v) is 4.50. The van der Waals surface area contributed by atoms with Gasteiger partial charge in [-0.15, -0.1) is 0 Å². The first-order chi connectivity index (χ1) is 14.1. The van der Waals surface area contributed by atoms with Gasteiger partial charge in [0.25, 0.3) is 0 Å². The first-order valence-electron chi connectivity index (χ1n) is 10.5. The molecule has 2 aliphatic heterocycles. The number of pyridine rings is 1. The Morgan fingerprint density at radius 3 is 2.00 bits per heavy atom. The number of anilines is 2. The maximum atomic E-state index is 13.0. The molecule has 0 atom stereocenters. The van der Waals surface area contributed by atoms with Crippen molar-refractivity contribution in [2.75, 3.05) is 62.2 Å². The van der Waals surface area contributed by atoms with Gasteiger partial charge in [0.2, 0.25) is 5.43 Å². The highest BCUT2D eigenvalue weighted by Gasteiger charge is 2.29. The molecule has 8 nitrogen and oxygen atoms in total. The summed E-state index contributed by atoms with van der Waals surface area (Å²) in [6, 6.07) is 4.37. The van der Waals surface area contributed by atoms with Crippen LogP contribution >= 0.6 is 0 Å². The summed E-state index contributed by atoms with van der Waals surface area (Å²) >= 11 is 0. The number of hydrogen-bond donors (Lipinski definition) is 3. The van der Waals surface area contributed by atoms with Crippen molar-refractivity contribution in [2.24, 2.45) is 0 Å². The number of fused-ring (bicyclic) bond motifs is 1. The van der Waals surface area contributed by atoms with E-state index in [-0.39, 0.29) is 17.0 Å². The average molecular weight is 397 g/mol. The van der Waals surface area contributed by atoms with Crippen molar-refractivity contribution in [3.05, 3.63) is 34.1 Å². The molecule has 3 fully saturated rings. The zero-order chi connectivity index (χ0) is 20.0. The minimum atomic E-state index is -1.15. The number of nitrogens with zero attached hydrogens (tertiary/aromatic N) is 3. The zero-order valence-corrected chi connectivity index (χ0v) is 16.5. The Kier molecular flexibility index (Phi) is 4.67. The molecule has 2 aromatic rings. The fraction of sp³-hybridized carbons (Fsp3) is 0.524.